The SMILES string of the molecule is COC(=O)C(NOS(=O)c1ccc(-c2ccc(OC)cc2)s1)C(C)C. The highest BCUT2D eigenvalue weighted by molar-refractivity contribution is 7.82. The van der Waals surface area contributed by atoms with E-state index in [9.17, 15) is 9.00 Å². The fourth-order valence-electron chi connectivity index (χ4n) is 2.04. The van der Waals surface area contributed by atoms with Crippen LogP contribution in [0.2, 0.25) is 0 Å². The van der Waals surface area contributed by atoms with Gasteiger partial charge in [0.1, 0.15) is 16.0 Å². The van der Waals surface area contributed by atoms with E-state index in [0.29, 0.717) is 4.21 Å². The largest absolute Gasteiger partial charge is 0.497 e. The molecule has 0 fully saturated rings. The third-order valence-electron chi connectivity index (χ3n) is 3.49. The van der Waals surface area contributed by atoms with Crippen molar-refractivity contribution < 1.29 is 22.8 Å². The molecule has 2 aromatic rings. The molecule has 1 aromatic carbocycles. The molecule has 0 saturated carbocycles. The van der Waals surface area contributed by atoms with Crippen LogP contribution >= 0.6 is 11.3 Å². The molecule has 2 atom stereocenters. The molecule has 1 heterocycles. The van der Waals surface area contributed by atoms with E-state index in [-0.39, 0.29) is 5.92 Å². The number of nitrogens with one attached hydrogen (secondary N) is 1. The summed E-state index contributed by atoms with van der Waals surface area (Å²) in [6.45, 7) is 3.68. The summed E-state index contributed by atoms with van der Waals surface area (Å²) in [5, 5.41) is 0. The molecule has 1 N–H and O–H groups in total. The maximum Gasteiger partial charge on any atom is 0.325 e. The number of carbonyl (C=O) groups is 1. The number of thiophene rings is 1. The van der Waals surface area contributed by atoms with Crippen molar-refractivity contribution in [1.82, 2.24) is 5.48 Å². The van der Waals surface area contributed by atoms with Crippen LogP contribution in [0.5, 0.6) is 5.75 Å². The van der Waals surface area contributed by atoms with E-state index >= 15 is 0 Å². The molecular weight excluding hydrogens is 362 g/mol. The summed E-state index contributed by atoms with van der Waals surface area (Å²) >= 11 is -0.363. The van der Waals surface area contributed by atoms with Crippen LogP contribution in [0.25, 0.3) is 10.4 Å². The van der Waals surface area contributed by atoms with Crippen LogP contribution in [0, 0.1) is 5.92 Å². The molecule has 0 saturated heterocycles. The summed E-state index contributed by atoms with van der Waals surface area (Å²) in [5.41, 5.74) is 3.54. The lowest BCUT2D eigenvalue weighted by Gasteiger charge is -2.18. The fourth-order valence-corrected chi connectivity index (χ4v) is 3.88. The first-order chi connectivity index (χ1) is 12.0. The van der Waals surface area contributed by atoms with Gasteiger partial charge in [0.05, 0.1) is 14.2 Å². The minimum absolute atomic E-state index is 0.0670. The molecule has 0 aliphatic carbocycles. The lowest BCUT2D eigenvalue weighted by Crippen LogP contribution is -2.41. The zero-order valence-electron chi connectivity index (χ0n) is 14.5. The fraction of sp³-hybridized carbons (Fsp3) is 0.353. The van der Waals surface area contributed by atoms with E-state index < -0.39 is 23.1 Å². The number of hydroxylamine groups is 1. The second-order valence-corrected chi connectivity index (χ2v) is 7.95. The molecule has 25 heavy (non-hydrogen) atoms. The molecule has 0 aliphatic rings. The maximum atomic E-state index is 12.3. The monoisotopic (exact) mass is 383 g/mol. The first-order valence-electron chi connectivity index (χ1n) is 7.63. The third kappa shape index (κ3) is 5.12. The maximum absolute atomic E-state index is 12.3. The Balaban J connectivity index is 2.03. The number of hydrogen-bond acceptors (Lipinski definition) is 7. The number of rotatable bonds is 8. The average Bonchev–Trinajstić information content (AvgIpc) is 3.11. The highest BCUT2D eigenvalue weighted by atomic mass is 32.2. The molecule has 8 heteroatoms. The van der Waals surface area contributed by atoms with Gasteiger partial charge in [-0.2, -0.15) is 9.76 Å². The second-order valence-electron chi connectivity index (χ2n) is 5.53. The number of hydrogen-bond donors (Lipinski definition) is 1. The standard InChI is InChI=1S/C17H21NO5S2/c1-11(2)16(17(19)22-4)18-23-25(20)15-10-9-14(24-15)12-5-7-13(21-3)8-6-12/h5-11,16,18H,1-4H3. The van der Waals surface area contributed by atoms with Crippen molar-refractivity contribution in [3.05, 3.63) is 36.4 Å². The molecule has 0 radical (unpaired) electrons. The van der Waals surface area contributed by atoms with Gasteiger partial charge in [-0.25, -0.2) is 4.21 Å². The topological polar surface area (TPSA) is 73.9 Å². The van der Waals surface area contributed by atoms with Crippen molar-refractivity contribution in [2.24, 2.45) is 5.92 Å². The molecule has 0 aliphatic heterocycles. The Labute approximate surface area is 153 Å². The Hall–Kier alpha value is -1.74. The van der Waals surface area contributed by atoms with Crippen LogP contribution in [0.15, 0.2) is 40.6 Å². The van der Waals surface area contributed by atoms with Gasteiger partial charge in [-0.15, -0.1) is 11.3 Å². The van der Waals surface area contributed by atoms with Gasteiger partial charge in [0.2, 0.25) is 11.1 Å². The van der Waals surface area contributed by atoms with Crippen LogP contribution in [0.1, 0.15) is 13.8 Å². The van der Waals surface area contributed by atoms with E-state index in [1.54, 1.807) is 13.2 Å². The van der Waals surface area contributed by atoms with Crippen LogP contribution in [0.4, 0.5) is 0 Å². The van der Waals surface area contributed by atoms with E-state index in [4.69, 9.17) is 13.8 Å². The van der Waals surface area contributed by atoms with Crippen molar-refractivity contribution in [3.63, 3.8) is 0 Å². The number of carbonyl (C=O) groups excluding carboxylic acids is 1. The first-order valence-corrected chi connectivity index (χ1v) is 9.52. The first kappa shape index (κ1) is 19.6. The van der Waals surface area contributed by atoms with E-state index in [2.05, 4.69) is 5.48 Å². The van der Waals surface area contributed by atoms with Crippen molar-refractivity contribution in [1.29, 1.82) is 0 Å². The van der Waals surface area contributed by atoms with Gasteiger partial charge < -0.3 is 9.47 Å². The Kier molecular flexibility index (Phi) is 7.12. The Morgan fingerprint density at radius 3 is 2.36 bits per heavy atom. The number of ether oxygens (including phenoxy) is 2. The predicted octanol–water partition coefficient (Wildman–Crippen LogP) is 3.17. The van der Waals surface area contributed by atoms with Gasteiger partial charge in [-0.3, -0.25) is 4.79 Å². The molecule has 1 aromatic heterocycles. The van der Waals surface area contributed by atoms with Gasteiger partial charge in [0.25, 0.3) is 0 Å². The van der Waals surface area contributed by atoms with Crippen LogP contribution in [0.3, 0.4) is 0 Å². The quantitative estimate of drug-likeness (QED) is 0.558. The van der Waals surface area contributed by atoms with Crippen LogP contribution < -0.4 is 10.2 Å². The van der Waals surface area contributed by atoms with Gasteiger partial charge in [-0.05, 0) is 47.9 Å². The molecule has 0 bridgehead atoms. The number of benzene rings is 1. The van der Waals surface area contributed by atoms with E-state index in [0.717, 1.165) is 16.2 Å². The van der Waals surface area contributed by atoms with E-state index in [1.807, 2.05) is 44.2 Å². The van der Waals surface area contributed by atoms with Gasteiger partial charge in [0.15, 0.2) is 0 Å². The summed E-state index contributed by atoms with van der Waals surface area (Å²) in [7, 11) is 2.92. The smallest absolute Gasteiger partial charge is 0.325 e. The highest BCUT2D eigenvalue weighted by Crippen LogP contribution is 2.31. The zero-order chi connectivity index (χ0) is 18.4. The summed E-state index contributed by atoms with van der Waals surface area (Å²) in [6, 6.07) is 10.5. The van der Waals surface area contributed by atoms with Gasteiger partial charge in [-0.1, -0.05) is 13.8 Å². The Morgan fingerprint density at radius 2 is 1.80 bits per heavy atom. The molecule has 6 nitrogen and oxygen atoms in total. The minimum atomic E-state index is -1.72. The van der Waals surface area contributed by atoms with Gasteiger partial charge >= 0.3 is 5.97 Å². The average molecular weight is 383 g/mol. The molecular formula is C17H21NO5S2. The zero-order valence-corrected chi connectivity index (χ0v) is 16.1. The molecule has 136 valence electrons. The normalized spacial score (nSPS) is 13.5. The highest BCUT2D eigenvalue weighted by Gasteiger charge is 2.24. The summed E-state index contributed by atoms with van der Waals surface area (Å²) in [5.74, 6) is 0.249. The molecule has 2 rings (SSSR count). The van der Waals surface area contributed by atoms with Crippen molar-refractivity contribution in [2.45, 2.75) is 24.1 Å². The summed E-state index contributed by atoms with van der Waals surface area (Å²) in [4.78, 5) is 12.6. The van der Waals surface area contributed by atoms with Crippen LogP contribution in [-0.2, 0) is 24.9 Å². The van der Waals surface area contributed by atoms with Crippen LogP contribution in [-0.4, -0.2) is 30.4 Å². The summed E-state index contributed by atoms with van der Waals surface area (Å²) < 4.78 is 27.9. The van der Waals surface area contributed by atoms with Crippen molar-refractivity contribution in [2.75, 3.05) is 14.2 Å². The third-order valence-corrected chi connectivity index (χ3v) is 5.79. The van der Waals surface area contributed by atoms with Crippen molar-refractivity contribution in [3.8, 4) is 16.2 Å². The Morgan fingerprint density at radius 1 is 1.12 bits per heavy atom. The number of esters is 1. The Bertz CT molecular complexity index is 727. The van der Waals surface area contributed by atoms with Gasteiger partial charge in [0, 0.05) is 4.88 Å². The molecule has 2 unspecified atom stereocenters. The molecule has 0 spiro atoms. The van der Waals surface area contributed by atoms with Crippen molar-refractivity contribution >= 4 is 28.4 Å². The minimum Gasteiger partial charge on any atom is -0.497 e. The number of methoxy groups -OCH3 is 2. The lowest BCUT2D eigenvalue weighted by atomic mass is 10.1. The van der Waals surface area contributed by atoms with E-state index in [1.165, 1.54) is 18.4 Å². The summed E-state index contributed by atoms with van der Waals surface area (Å²) in [6.07, 6.45) is 0. The predicted molar refractivity (Wildman–Crippen MR) is 97.6 cm³/mol. The second kappa shape index (κ2) is 9.10. The molecule has 0 amide bonds. The lowest BCUT2D eigenvalue weighted by molar-refractivity contribution is -0.146.